The molecule has 0 bridgehead atoms. The molecule has 0 spiro atoms. The standard InChI is InChI=1S/C21H20BrN5O2/c1-11-7-16-17(9-14(11)23)27-20(26-16)19-15(5-6-24-21(19)29)25-10-18(28)12-3-2-4-13(22)8-12/h2-9,18,28H,10,23H2,1H3,(H,26,27)(H2,24,25,29). The summed E-state index contributed by atoms with van der Waals surface area (Å²) in [4.78, 5) is 23.0. The number of H-pyrrole nitrogens is 2. The van der Waals surface area contributed by atoms with Crippen LogP contribution in [0.4, 0.5) is 11.4 Å². The van der Waals surface area contributed by atoms with Crippen molar-refractivity contribution < 1.29 is 5.11 Å². The summed E-state index contributed by atoms with van der Waals surface area (Å²) in [6.07, 6.45) is 0.822. The van der Waals surface area contributed by atoms with E-state index in [0.29, 0.717) is 28.3 Å². The van der Waals surface area contributed by atoms with Gasteiger partial charge in [-0.1, -0.05) is 28.1 Å². The van der Waals surface area contributed by atoms with Crippen LogP contribution in [0.1, 0.15) is 17.2 Å². The van der Waals surface area contributed by atoms with Gasteiger partial charge in [0.05, 0.1) is 22.8 Å². The van der Waals surface area contributed by atoms with Crippen LogP contribution in [0.5, 0.6) is 0 Å². The minimum Gasteiger partial charge on any atom is -0.398 e. The predicted molar refractivity (Wildman–Crippen MR) is 119 cm³/mol. The third-order valence-electron chi connectivity index (χ3n) is 4.79. The summed E-state index contributed by atoms with van der Waals surface area (Å²) in [5, 5.41) is 13.7. The van der Waals surface area contributed by atoms with Gasteiger partial charge < -0.3 is 26.1 Å². The van der Waals surface area contributed by atoms with Crippen LogP contribution in [0.3, 0.4) is 0 Å². The Labute approximate surface area is 175 Å². The van der Waals surface area contributed by atoms with Gasteiger partial charge in [0.1, 0.15) is 11.4 Å². The van der Waals surface area contributed by atoms with Crippen molar-refractivity contribution in [3.05, 3.63) is 74.6 Å². The van der Waals surface area contributed by atoms with Crippen molar-refractivity contribution in [3.8, 4) is 11.4 Å². The third kappa shape index (κ3) is 3.90. The number of anilines is 2. The molecule has 0 aliphatic heterocycles. The number of nitrogens with one attached hydrogen (secondary N) is 3. The Morgan fingerprint density at radius 1 is 1.28 bits per heavy atom. The molecule has 0 aliphatic carbocycles. The summed E-state index contributed by atoms with van der Waals surface area (Å²) >= 11 is 3.41. The highest BCUT2D eigenvalue weighted by Gasteiger charge is 2.16. The number of aliphatic hydroxyl groups excluding tert-OH is 1. The minimum absolute atomic E-state index is 0.235. The smallest absolute Gasteiger partial charge is 0.261 e. The molecule has 0 saturated carbocycles. The van der Waals surface area contributed by atoms with Crippen LogP contribution < -0.4 is 16.6 Å². The molecule has 0 saturated heterocycles. The van der Waals surface area contributed by atoms with Gasteiger partial charge in [-0.2, -0.15) is 0 Å². The van der Waals surface area contributed by atoms with Crippen molar-refractivity contribution in [2.24, 2.45) is 0 Å². The number of halogens is 1. The molecule has 4 rings (SSSR count). The van der Waals surface area contributed by atoms with Crippen molar-refractivity contribution in [1.82, 2.24) is 15.0 Å². The highest BCUT2D eigenvalue weighted by Crippen LogP contribution is 2.27. The van der Waals surface area contributed by atoms with Crippen LogP contribution in [-0.4, -0.2) is 26.6 Å². The molecule has 1 unspecified atom stereocenters. The van der Waals surface area contributed by atoms with Gasteiger partial charge >= 0.3 is 0 Å². The fourth-order valence-corrected chi connectivity index (χ4v) is 3.62. The average molecular weight is 454 g/mol. The van der Waals surface area contributed by atoms with Crippen LogP contribution in [0, 0.1) is 6.92 Å². The fraction of sp³-hybridized carbons (Fsp3) is 0.143. The van der Waals surface area contributed by atoms with E-state index in [2.05, 4.69) is 36.2 Å². The molecular weight excluding hydrogens is 434 g/mol. The van der Waals surface area contributed by atoms with Crippen molar-refractivity contribution >= 4 is 38.3 Å². The molecule has 148 valence electrons. The zero-order valence-corrected chi connectivity index (χ0v) is 17.2. The number of aliphatic hydroxyl groups is 1. The van der Waals surface area contributed by atoms with Gasteiger partial charge in [0.15, 0.2) is 0 Å². The fourth-order valence-electron chi connectivity index (χ4n) is 3.20. The molecule has 0 fully saturated rings. The molecule has 6 N–H and O–H groups in total. The van der Waals surface area contributed by atoms with Crippen LogP contribution in [-0.2, 0) is 0 Å². The average Bonchev–Trinajstić information content (AvgIpc) is 3.08. The topological polar surface area (TPSA) is 120 Å². The molecule has 29 heavy (non-hydrogen) atoms. The monoisotopic (exact) mass is 453 g/mol. The Morgan fingerprint density at radius 2 is 2.10 bits per heavy atom. The summed E-state index contributed by atoms with van der Waals surface area (Å²) in [7, 11) is 0. The number of benzene rings is 2. The van der Waals surface area contributed by atoms with Gasteiger partial charge in [0.2, 0.25) is 0 Å². The number of hydrogen-bond acceptors (Lipinski definition) is 5. The van der Waals surface area contributed by atoms with E-state index in [9.17, 15) is 9.90 Å². The summed E-state index contributed by atoms with van der Waals surface area (Å²) in [6.45, 7) is 2.15. The second-order valence-corrected chi connectivity index (χ2v) is 7.77. The van der Waals surface area contributed by atoms with Gasteiger partial charge in [-0.25, -0.2) is 4.98 Å². The summed E-state index contributed by atoms with van der Waals surface area (Å²) in [5.74, 6) is 0.436. The van der Waals surface area contributed by atoms with Crippen molar-refractivity contribution in [1.29, 1.82) is 0 Å². The largest absolute Gasteiger partial charge is 0.398 e. The first-order chi connectivity index (χ1) is 13.9. The molecule has 2 aromatic heterocycles. The highest BCUT2D eigenvalue weighted by molar-refractivity contribution is 9.10. The molecule has 0 amide bonds. The Balaban J connectivity index is 1.66. The molecule has 0 aliphatic rings. The Bertz CT molecular complexity index is 1210. The zero-order chi connectivity index (χ0) is 20.5. The maximum atomic E-state index is 12.6. The highest BCUT2D eigenvalue weighted by atomic mass is 79.9. The number of aryl methyl sites for hydroxylation is 1. The van der Waals surface area contributed by atoms with Gasteiger partial charge in [-0.15, -0.1) is 0 Å². The number of fused-ring (bicyclic) bond motifs is 1. The summed E-state index contributed by atoms with van der Waals surface area (Å²) in [5.41, 5.74) is 10.5. The second-order valence-electron chi connectivity index (χ2n) is 6.86. The molecule has 1 atom stereocenters. The SMILES string of the molecule is Cc1cc2[nH]c(-c3c(NCC(O)c4cccc(Br)c4)cc[nH]c3=O)nc2cc1N. The van der Waals surface area contributed by atoms with Crippen LogP contribution in [0.25, 0.3) is 22.4 Å². The summed E-state index contributed by atoms with van der Waals surface area (Å²) < 4.78 is 0.891. The zero-order valence-electron chi connectivity index (χ0n) is 15.7. The second kappa shape index (κ2) is 7.73. The number of nitrogens with zero attached hydrogens (tertiary/aromatic N) is 1. The number of imidazole rings is 1. The Morgan fingerprint density at radius 3 is 2.90 bits per heavy atom. The quantitative estimate of drug-likeness (QED) is 0.295. The van der Waals surface area contributed by atoms with Crippen molar-refractivity contribution in [2.75, 3.05) is 17.6 Å². The van der Waals surface area contributed by atoms with E-state index in [-0.39, 0.29) is 12.1 Å². The first-order valence-corrected chi connectivity index (χ1v) is 9.87. The molecule has 2 heterocycles. The normalized spacial score (nSPS) is 12.2. The van der Waals surface area contributed by atoms with E-state index in [1.807, 2.05) is 37.3 Å². The number of aromatic amines is 2. The van der Waals surface area contributed by atoms with Crippen LogP contribution >= 0.6 is 15.9 Å². The maximum absolute atomic E-state index is 12.6. The minimum atomic E-state index is -0.738. The Kier molecular flexibility index (Phi) is 5.12. The lowest BCUT2D eigenvalue weighted by molar-refractivity contribution is 0.191. The number of rotatable bonds is 5. The molecule has 0 radical (unpaired) electrons. The van der Waals surface area contributed by atoms with Crippen LogP contribution in [0.2, 0.25) is 0 Å². The molecule has 2 aromatic carbocycles. The molecular formula is C21H20BrN5O2. The van der Waals surface area contributed by atoms with E-state index in [4.69, 9.17) is 5.73 Å². The predicted octanol–water partition coefficient (Wildman–Crippen LogP) is 3.72. The van der Waals surface area contributed by atoms with E-state index < -0.39 is 6.10 Å². The van der Waals surface area contributed by atoms with E-state index in [0.717, 1.165) is 21.1 Å². The lowest BCUT2D eigenvalue weighted by Crippen LogP contribution is -2.17. The van der Waals surface area contributed by atoms with Gasteiger partial charge in [-0.05, 0) is 48.4 Å². The number of nitrogen functional groups attached to an aromatic ring is 1. The first-order valence-electron chi connectivity index (χ1n) is 9.07. The number of pyridine rings is 1. The van der Waals surface area contributed by atoms with Crippen LogP contribution in [0.15, 0.2) is 57.9 Å². The number of nitrogens with two attached hydrogens (primary N) is 1. The molecule has 8 heteroatoms. The number of hydrogen-bond donors (Lipinski definition) is 5. The first kappa shape index (κ1) is 19.2. The van der Waals surface area contributed by atoms with E-state index in [1.54, 1.807) is 18.3 Å². The third-order valence-corrected chi connectivity index (χ3v) is 5.28. The summed E-state index contributed by atoms with van der Waals surface area (Å²) in [6, 6.07) is 12.9. The van der Waals surface area contributed by atoms with E-state index in [1.165, 1.54) is 0 Å². The maximum Gasteiger partial charge on any atom is 0.261 e. The lowest BCUT2D eigenvalue weighted by Gasteiger charge is -2.15. The van der Waals surface area contributed by atoms with Gasteiger partial charge in [-0.3, -0.25) is 4.79 Å². The van der Waals surface area contributed by atoms with Gasteiger partial charge in [0.25, 0.3) is 5.56 Å². The Hall–Kier alpha value is -3.10. The molecule has 7 nitrogen and oxygen atoms in total. The van der Waals surface area contributed by atoms with E-state index >= 15 is 0 Å². The number of aromatic nitrogens is 3. The van der Waals surface area contributed by atoms with Crippen molar-refractivity contribution in [3.63, 3.8) is 0 Å². The lowest BCUT2D eigenvalue weighted by atomic mass is 10.1. The van der Waals surface area contributed by atoms with Gasteiger partial charge in [0, 0.05) is 22.9 Å². The van der Waals surface area contributed by atoms with Crippen molar-refractivity contribution in [2.45, 2.75) is 13.0 Å². The molecule has 4 aromatic rings.